The van der Waals surface area contributed by atoms with Crippen LogP contribution >= 0.6 is 0 Å². The number of para-hydroxylation sites is 2. The second-order valence-electron chi connectivity index (χ2n) is 6.85. The van der Waals surface area contributed by atoms with Crippen LogP contribution in [-0.2, 0) is 9.59 Å². The Morgan fingerprint density at radius 1 is 0.963 bits per heavy atom. The highest BCUT2D eigenvalue weighted by Crippen LogP contribution is 2.27. The first-order valence-corrected chi connectivity index (χ1v) is 8.98. The number of aryl methyl sites for hydroxylation is 1. The highest BCUT2D eigenvalue weighted by Gasteiger charge is 2.15. The Hall–Kier alpha value is -3.21. The molecular formula is C22H23N3O2. The fourth-order valence-corrected chi connectivity index (χ4v) is 3.07. The number of fused-ring (bicyclic) bond motifs is 1. The number of aromatic nitrogens is 1. The minimum absolute atomic E-state index is 0.255. The molecule has 1 heterocycles. The van der Waals surface area contributed by atoms with E-state index in [1.54, 1.807) is 12.3 Å². The van der Waals surface area contributed by atoms with Gasteiger partial charge in [0.05, 0.1) is 11.2 Å². The van der Waals surface area contributed by atoms with Crippen LogP contribution in [0.15, 0.2) is 54.7 Å². The van der Waals surface area contributed by atoms with Crippen LogP contribution in [0.1, 0.15) is 37.3 Å². The maximum absolute atomic E-state index is 12.4. The highest BCUT2D eigenvalue weighted by atomic mass is 16.2. The summed E-state index contributed by atoms with van der Waals surface area (Å²) in [5.41, 5.74) is 4.13. The van der Waals surface area contributed by atoms with E-state index in [2.05, 4.69) is 29.5 Å². The molecule has 27 heavy (non-hydrogen) atoms. The number of pyridine rings is 1. The summed E-state index contributed by atoms with van der Waals surface area (Å²) in [6.45, 7) is 6.10. The van der Waals surface area contributed by atoms with Crippen molar-refractivity contribution >= 4 is 34.1 Å². The largest absolute Gasteiger partial charge is 0.325 e. The zero-order valence-corrected chi connectivity index (χ0v) is 15.7. The van der Waals surface area contributed by atoms with Gasteiger partial charge in [0.15, 0.2) is 0 Å². The summed E-state index contributed by atoms with van der Waals surface area (Å²) in [7, 11) is 0. The summed E-state index contributed by atoms with van der Waals surface area (Å²) in [6, 6.07) is 15.2. The summed E-state index contributed by atoms with van der Waals surface area (Å²) in [5.74, 6) is -0.432. The molecule has 5 heteroatoms. The van der Waals surface area contributed by atoms with Gasteiger partial charge < -0.3 is 10.6 Å². The van der Waals surface area contributed by atoms with Crippen molar-refractivity contribution in [2.45, 2.75) is 33.1 Å². The predicted molar refractivity (Wildman–Crippen MR) is 109 cm³/mol. The SMILES string of the molecule is Cc1cccc(C(C)C)c1NC(=O)CC(=O)Nc1cccc2cccnc12. The van der Waals surface area contributed by atoms with E-state index in [4.69, 9.17) is 0 Å². The van der Waals surface area contributed by atoms with Gasteiger partial charge in [-0.05, 0) is 36.1 Å². The molecule has 0 saturated heterocycles. The standard InChI is InChI=1S/C22H23N3O2/c1-14(2)17-10-4-7-15(3)21(17)25-20(27)13-19(26)24-18-11-5-8-16-9-6-12-23-22(16)18/h4-12,14H,13H2,1-3H3,(H,24,26)(H,25,27). The van der Waals surface area contributed by atoms with Crippen LogP contribution in [0.2, 0.25) is 0 Å². The van der Waals surface area contributed by atoms with Crippen molar-refractivity contribution < 1.29 is 9.59 Å². The zero-order valence-electron chi connectivity index (χ0n) is 15.7. The number of nitrogens with zero attached hydrogens (tertiary/aromatic N) is 1. The minimum atomic E-state index is -0.370. The van der Waals surface area contributed by atoms with Gasteiger partial charge in [0, 0.05) is 17.3 Å². The smallest absolute Gasteiger partial charge is 0.233 e. The number of hydrogen-bond donors (Lipinski definition) is 2. The minimum Gasteiger partial charge on any atom is -0.325 e. The summed E-state index contributed by atoms with van der Waals surface area (Å²) >= 11 is 0. The molecule has 0 aliphatic heterocycles. The first-order valence-electron chi connectivity index (χ1n) is 8.98. The molecule has 2 amide bonds. The van der Waals surface area contributed by atoms with Gasteiger partial charge in [0.1, 0.15) is 6.42 Å². The second-order valence-corrected chi connectivity index (χ2v) is 6.85. The van der Waals surface area contributed by atoms with Crippen molar-refractivity contribution in [3.05, 3.63) is 65.9 Å². The van der Waals surface area contributed by atoms with E-state index in [1.807, 2.05) is 49.4 Å². The molecule has 0 spiro atoms. The third kappa shape index (κ3) is 4.31. The number of rotatable bonds is 5. The number of amides is 2. The van der Waals surface area contributed by atoms with Gasteiger partial charge >= 0.3 is 0 Å². The zero-order chi connectivity index (χ0) is 19.4. The van der Waals surface area contributed by atoms with Crippen molar-refractivity contribution in [3.63, 3.8) is 0 Å². The Morgan fingerprint density at radius 2 is 1.67 bits per heavy atom. The van der Waals surface area contributed by atoms with Gasteiger partial charge in [0.2, 0.25) is 11.8 Å². The predicted octanol–water partition coefficient (Wildman–Crippen LogP) is 4.63. The van der Waals surface area contributed by atoms with Gasteiger partial charge in [-0.15, -0.1) is 0 Å². The van der Waals surface area contributed by atoms with Crippen LogP contribution in [0.5, 0.6) is 0 Å². The van der Waals surface area contributed by atoms with Gasteiger partial charge in [-0.1, -0.05) is 50.2 Å². The summed E-state index contributed by atoms with van der Waals surface area (Å²) < 4.78 is 0. The topological polar surface area (TPSA) is 71.1 Å². The number of anilines is 2. The van der Waals surface area contributed by atoms with Gasteiger partial charge in [-0.25, -0.2) is 0 Å². The molecule has 0 atom stereocenters. The summed E-state index contributed by atoms with van der Waals surface area (Å²) in [6.07, 6.45) is 1.42. The molecule has 2 N–H and O–H groups in total. The lowest BCUT2D eigenvalue weighted by Gasteiger charge is -2.16. The maximum atomic E-state index is 12.4. The van der Waals surface area contributed by atoms with Crippen LogP contribution < -0.4 is 10.6 Å². The lowest BCUT2D eigenvalue weighted by Crippen LogP contribution is -2.22. The Labute approximate surface area is 158 Å². The molecule has 0 bridgehead atoms. The van der Waals surface area contributed by atoms with Crippen molar-refractivity contribution in [1.82, 2.24) is 4.98 Å². The van der Waals surface area contributed by atoms with Crippen LogP contribution in [-0.4, -0.2) is 16.8 Å². The van der Waals surface area contributed by atoms with Crippen molar-refractivity contribution in [1.29, 1.82) is 0 Å². The fourth-order valence-electron chi connectivity index (χ4n) is 3.07. The first-order chi connectivity index (χ1) is 13.0. The van der Waals surface area contributed by atoms with Crippen molar-refractivity contribution in [3.8, 4) is 0 Å². The number of hydrogen-bond acceptors (Lipinski definition) is 3. The second kappa shape index (κ2) is 7.99. The van der Waals surface area contributed by atoms with Crippen LogP contribution in [0.25, 0.3) is 10.9 Å². The maximum Gasteiger partial charge on any atom is 0.233 e. The normalized spacial score (nSPS) is 10.8. The van der Waals surface area contributed by atoms with E-state index in [0.29, 0.717) is 11.2 Å². The molecular weight excluding hydrogens is 338 g/mol. The summed E-state index contributed by atoms with van der Waals surface area (Å²) in [5, 5.41) is 6.62. The molecule has 0 saturated carbocycles. The Bertz CT molecular complexity index is 991. The average molecular weight is 361 g/mol. The molecule has 0 unspecified atom stereocenters. The van der Waals surface area contributed by atoms with Crippen LogP contribution in [0.4, 0.5) is 11.4 Å². The first kappa shape index (κ1) is 18.6. The lowest BCUT2D eigenvalue weighted by molar-refractivity contribution is -0.123. The van der Waals surface area contributed by atoms with E-state index in [9.17, 15) is 9.59 Å². The van der Waals surface area contributed by atoms with E-state index in [0.717, 1.165) is 22.2 Å². The third-order valence-corrected chi connectivity index (χ3v) is 4.42. The fraction of sp³-hybridized carbons (Fsp3) is 0.227. The molecule has 5 nitrogen and oxygen atoms in total. The third-order valence-electron chi connectivity index (χ3n) is 4.42. The molecule has 1 aromatic heterocycles. The van der Waals surface area contributed by atoms with Gasteiger partial charge in [0.25, 0.3) is 0 Å². The Balaban J connectivity index is 1.71. The van der Waals surface area contributed by atoms with Crippen LogP contribution in [0.3, 0.4) is 0 Å². The molecule has 0 aliphatic carbocycles. The van der Waals surface area contributed by atoms with E-state index in [-0.39, 0.29) is 24.2 Å². The molecule has 0 radical (unpaired) electrons. The van der Waals surface area contributed by atoms with E-state index in [1.165, 1.54) is 0 Å². The van der Waals surface area contributed by atoms with Crippen molar-refractivity contribution in [2.75, 3.05) is 10.6 Å². The summed E-state index contributed by atoms with van der Waals surface area (Å²) in [4.78, 5) is 29.1. The van der Waals surface area contributed by atoms with E-state index >= 15 is 0 Å². The quantitative estimate of drug-likeness (QED) is 0.651. The van der Waals surface area contributed by atoms with Gasteiger partial charge in [-0.3, -0.25) is 14.6 Å². The average Bonchev–Trinajstić information content (AvgIpc) is 2.63. The van der Waals surface area contributed by atoms with Crippen molar-refractivity contribution in [2.24, 2.45) is 0 Å². The van der Waals surface area contributed by atoms with Gasteiger partial charge in [-0.2, -0.15) is 0 Å². The van der Waals surface area contributed by atoms with E-state index < -0.39 is 0 Å². The molecule has 2 aromatic carbocycles. The highest BCUT2D eigenvalue weighted by molar-refractivity contribution is 6.10. The Morgan fingerprint density at radius 3 is 2.44 bits per heavy atom. The molecule has 138 valence electrons. The number of benzene rings is 2. The molecule has 0 fully saturated rings. The number of carbonyl (C=O) groups is 2. The monoisotopic (exact) mass is 361 g/mol. The number of nitrogens with one attached hydrogen (secondary N) is 2. The Kier molecular flexibility index (Phi) is 5.50. The molecule has 3 rings (SSSR count). The lowest BCUT2D eigenvalue weighted by atomic mass is 9.98. The van der Waals surface area contributed by atoms with Crippen LogP contribution in [0, 0.1) is 6.92 Å². The molecule has 3 aromatic rings. The number of carbonyl (C=O) groups excluding carboxylic acids is 2. The molecule has 0 aliphatic rings.